The van der Waals surface area contributed by atoms with Crippen molar-refractivity contribution in [3.8, 4) is 11.3 Å². The number of carbonyl (C=O) groups is 1. The van der Waals surface area contributed by atoms with E-state index in [2.05, 4.69) is 15.6 Å². The Morgan fingerprint density at radius 2 is 2.00 bits per heavy atom. The molecule has 1 aliphatic heterocycles. The van der Waals surface area contributed by atoms with Gasteiger partial charge in [-0.15, -0.1) is 23.7 Å². The molecule has 0 spiro atoms. The number of nitrogens with one attached hydrogen (secondary N) is 2. The highest BCUT2D eigenvalue weighted by molar-refractivity contribution is 7.09. The molecule has 2 N–H and O–H groups in total. The van der Waals surface area contributed by atoms with E-state index in [1.165, 1.54) is 0 Å². The van der Waals surface area contributed by atoms with Crippen molar-refractivity contribution in [3.63, 3.8) is 0 Å². The first kappa shape index (κ1) is 19.8. The zero-order valence-corrected chi connectivity index (χ0v) is 16.1. The van der Waals surface area contributed by atoms with Crippen LogP contribution >= 0.6 is 23.7 Å². The zero-order valence-electron chi connectivity index (χ0n) is 14.5. The summed E-state index contributed by atoms with van der Waals surface area (Å²) in [5, 5.41) is 9.46. The van der Waals surface area contributed by atoms with Gasteiger partial charge in [0.1, 0.15) is 0 Å². The minimum Gasteiger partial charge on any atom is -0.384 e. The Kier molecular flexibility index (Phi) is 6.95. The van der Waals surface area contributed by atoms with Crippen LogP contribution in [-0.4, -0.2) is 37.7 Å². The number of anilines is 1. The van der Waals surface area contributed by atoms with Crippen LogP contribution in [0.3, 0.4) is 0 Å². The molecule has 1 aliphatic rings. The lowest BCUT2D eigenvalue weighted by Crippen LogP contribution is -2.47. The van der Waals surface area contributed by atoms with Gasteiger partial charge in [0.25, 0.3) is 0 Å². The summed E-state index contributed by atoms with van der Waals surface area (Å²) < 4.78 is 5.33. The fourth-order valence-electron chi connectivity index (χ4n) is 3.10. The maximum Gasteiger partial charge on any atom is 0.233 e. The molecular formula is C18H24ClN3O2S. The summed E-state index contributed by atoms with van der Waals surface area (Å²) in [7, 11) is 1.65. The fraction of sp³-hybridized carbons (Fsp3) is 0.444. The highest BCUT2D eigenvalue weighted by Crippen LogP contribution is 2.31. The molecule has 7 heteroatoms. The number of nitrogens with zero attached hydrogens (tertiary/aromatic N) is 1. The van der Waals surface area contributed by atoms with Crippen molar-refractivity contribution >= 4 is 35.3 Å². The summed E-state index contributed by atoms with van der Waals surface area (Å²) in [6.07, 6.45) is 1.59. The number of rotatable bonds is 5. The first-order valence-electron chi connectivity index (χ1n) is 8.17. The van der Waals surface area contributed by atoms with Crippen molar-refractivity contribution < 1.29 is 9.53 Å². The van der Waals surface area contributed by atoms with E-state index < -0.39 is 5.41 Å². The van der Waals surface area contributed by atoms with Crippen molar-refractivity contribution in [2.24, 2.45) is 5.41 Å². The van der Waals surface area contributed by atoms with Gasteiger partial charge in [0, 0.05) is 23.7 Å². The van der Waals surface area contributed by atoms with Gasteiger partial charge in [0.2, 0.25) is 5.91 Å². The fourth-order valence-corrected chi connectivity index (χ4v) is 3.72. The number of benzene rings is 1. The lowest BCUT2D eigenvalue weighted by molar-refractivity contribution is -0.130. The molecule has 0 aliphatic carbocycles. The molecule has 5 nitrogen and oxygen atoms in total. The molecule has 0 unspecified atom stereocenters. The Morgan fingerprint density at radius 3 is 2.56 bits per heavy atom. The molecule has 25 heavy (non-hydrogen) atoms. The molecule has 0 radical (unpaired) electrons. The van der Waals surface area contributed by atoms with Gasteiger partial charge in [-0.2, -0.15) is 0 Å². The van der Waals surface area contributed by atoms with Crippen molar-refractivity contribution in [3.05, 3.63) is 34.7 Å². The van der Waals surface area contributed by atoms with Gasteiger partial charge in [0.15, 0.2) is 0 Å². The minimum absolute atomic E-state index is 0. The second-order valence-electron chi connectivity index (χ2n) is 6.25. The third-order valence-electron chi connectivity index (χ3n) is 4.52. The van der Waals surface area contributed by atoms with E-state index in [0.717, 1.165) is 47.9 Å². The van der Waals surface area contributed by atoms with E-state index >= 15 is 0 Å². The highest BCUT2D eigenvalue weighted by Gasteiger charge is 2.39. The number of amides is 1. The van der Waals surface area contributed by atoms with Crippen LogP contribution in [0.15, 0.2) is 29.6 Å². The Balaban J connectivity index is 0.00000225. The third kappa shape index (κ3) is 4.58. The topological polar surface area (TPSA) is 63.2 Å². The molecular weight excluding hydrogens is 358 g/mol. The molecule has 2 heterocycles. The maximum atomic E-state index is 12.8. The Morgan fingerprint density at radius 1 is 1.32 bits per heavy atom. The predicted octanol–water partition coefficient (Wildman–Crippen LogP) is 3.50. The highest BCUT2D eigenvalue weighted by atomic mass is 35.5. The monoisotopic (exact) mass is 381 g/mol. The predicted molar refractivity (Wildman–Crippen MR) is 105 cm³/mol. The van der Waals surface area contributed by atoms with Crippen LogP contribution in [0.5, 0.6) is 0 Å². The summed E-state index contributed by atoms with van der Waals surface area (Å²) in [6, 6.07) is 7.86. The first-order chi connectivity index (χ1) is 11.6. The molecule has 1 aromatic carbocycles. The van der Waals surface area contributed by atoms with Crippen molar-refractivity contribution in [2.45, 2.75) is 19.8 Å². The summed E-state index contributed by atoms with van der Waals surface area (Å²) in [6.45, 7) is 4.14. The molecule has 2 aromatic rings. The number of hydrogen-bond donors (Lipinski definition) is 2. The molecule has 136 valence electrons. The normalized spacial score (nSPS) is 16.1. The van der Waals surface area contributed by atoms with Gasteiger partial charge in [-0.3, -0.25) is 4.79 Å². The number of methoxy groups -OCH3 is 1. The number of aryl methyl sites for hydroxylation is 1. The van der Waals surface area contributed by atoms with E-state index in [9.17, 15) is 4.79 Å². The number of halogens is 1. The molecule has 3 rings (SSSR count). The summed E-state index contributed by atoms with van der Waals surface area (Å²) in [5.41, 5.74) is 2.41. The third-order valence-corrected chi connectivity index (χ3v) is 5.29. The summed E-state index contributed by atoms with van der Waals surface area (Å²) in [4.78, 5) is 17.3. The van der Waals surface area contributed by atoms with Crippen LogP contribution in [-0.2, 0) is 9.53 Å². The second kappa shape index (κ2) is 8.76. The Labute approximate surface area is 158 Å². The first-order valence-corrected chi connectivity index (χ1v) is 9.05. The number of piperidine rings is 1. The number of thiazole rings is 1. The Hall–Kier alpha value is -1.47. The largest absolute Gasteiger partial charge is 0.384 e. The average molecular weight is 382 g/mol. The van der Waals surface area contributed by atoms with Crippen molar-refractivity contribution in [1.82, 2.24) is 10.3 Å². The number of hydrogen-bond acceptors (Lipinski definition) is 5. The number of carbonyl (C=O) groups excluding carboxylic acids is 1. The lowest BCUT2D eigenvalue weighted by Gasteiger charge is -2.35. The van der Waals surface area contributed by atoms with Crippen LogP contribution in [0.4, 0.5) is 5.69 Å². The van der Waals surface area contributed by atoms with Crippen molar-refractivity contribution in [2.75, 3.05) is 32.1 Å². The molecule has 1 saturated heterocycles. The minimum atomic E-state index is -0.440. The van der Waals surface area contributed by atoms with Gasteiger partial charge >= 0.3 is 0 Å². The average Bonchev–Trinajstić information content (AvgIpc) is 3.03. The lowest BCUT2D eigenvalue weighted by atomic mass is 9.78. The molecule has 1 fully saturated rings. The van der Waals surface area contributed by atoms with Gasteiger partial charge in [-0.05, 0) is 45.0 Å². The van der Waals surface area contributed by atoms with E-state index in [4.69, 9.17) is 4.74 Å². The molecule has 0 bridgehead atoms. The smallest absolute Gasteiger partial charge is 0.233 e. The van der Waals surface area contributed by atoms with Crippen LogP contribution in [0.25, 0.3) is 11.3 Å². The van der Waals surface area contributed by atoms with Gasteiger partial charge in [-0.1, -0.05) is 12.1 Å². The summed E-state index contributed by atoms with van der Waals surface area (Å²) in [5.74, 6) is 0.0445. The van der Waals surface area contributed by atoms with E-state index in [0.29, 0.717) is 6.61 Å². The van der Waals surface area contributed by atoms with Crippen LogP contribution < -0.4 is 10.6 Å². The SMILES string of the molecule is COCC1(C(=O)Nc2ccc(-c3csc(C)n3)cc2)CCNCC1.Cl. The van der Waals surface area contributed by atoms with Crippen LogP contribution in [0, 0.1) is 12.3 Å². The Bertz CT molecular complexity index is 691. The van der Waals surface area contributed by atoms with Gasteiger partial charge in [0.05, 0.1) is 22.7 Å². The van der Waals surface area contributed by atoms with Gasteiger partial charge in [-0.25, -0.2) is 4.98 Å². The van der Waals surface area contributed by atoms with Crippen molar-refractivity contribution in [1.29, 1.82) is 0 Å². The van der Waals surface area contributed by atoms with E-state index in [1.807, 2.05) is 36.6 Å². The molecule has 1 amide bonds. The second-order valence-corrected chi connectivity index (χ2v) is 7.31. The van der Waals surface area contributed by atoms with Crippen LogP contribution in [0.2, 0.25) is 0 Å². The zero-order chi connectivity index (χ0) is 17.0. The number of ether oxygens (including phenoxy) is 1. The van der Waals surface area contributed by atoms with E-state index in [-0.39, 0.29) is 18.3 Å². The number of aromatic nitrogens is 1. The van der Waals surface area contributed by atoms with Crippen LogP contribution in [0.1, 0.15) is 17.8 Å². The maximum absolute atomic E-state index is 12.8. The molecule has 1 aromatic heterocycles. The quantitative estimate of drug-likeness (QED) is 0.832. The van der Waals surface area contributed by atoms with Gasteiger partial charge < -0.3 is 15.4 Å². The standard InChI is InChI=1S/C18H23N3O2S.ClH/c1-13-20-16(11-24-13)14-3-5-15(6-4-14)21-17(22)18(12-23-2)7-9-19-10-8-18;/h3-6,11,19H,7-10,12H2,1-2H3,(H,21,22);1H. The van der Waals surface area contributed by atoms with E-state index in [1.54, 1.807) is 18.4 Å². The molecule has 0 saturated carbocycles. The summed E-state index contributed by atoms with van der Waals surface area (Å²) >= 11 is 1.64. The molecule has 0 atom stereocenters.